The third kappa shape index (κ3) is 19.2. The van der Waals surface area contributed by atoms with Crippen LogP contribution in [0.3, 0.4) is 0 Å². The molecule has 5 nitrogen and oxygen atoms in total. The number of hydrogen-bond acceptors (Lipinski definition) is 0. The predicted molar refractivity (Wildman–Crippen MR) is 383 cm³/mol. The van der Waals surface area contributed by atoms with Gasteiger partial charge in [-0.15, -0.1) is 0 Å². The molecule has 0 N–H and O–H groups in total. The lowest BCUT2D eigenvalue weighted by Crippen LogP contribution is -2.32. The molecule has 1 unspecified atom stereocenters. The zero-order valence-corrected chi connectivity index (χ0v) is 57.6. The Balaban J connectivity index is 0.000000205. The standard InChI is InChI=1S/5C17H22N/c2*1-12(2)16-10-17(18(5)11-14(16)4)15-9-7-6-8-13(15)3;1-12(2)16-11-18(5)17(10-14(16)4)15-9-7-6-8-13(15)3;2*1-13(2)11-15-9-10-17(18(4)12-15)16-8-6-5-7-14(16)3/h3*6-12H,1-5H3;2*5-10,12-13H,11H2,1-4H3/q5*+1/i1D3,4D3,12D;4D3,12D;12D;11D2;. The van der Waals surface area contributed by atoms with Crippen LogP contribution in [0.4, 0.5) is 0 Å². The molecular formula is C85H110N5+5. The zero-order chi connectivity index (χ0) is 78.2. The topological polar surface area (TPSA) is 19.4 Å². The molecule has 5 aromatic heterocycles. The lowest BCUT2D eigenvalue weighted by molar-refractivity contribution is -0.661. The van der Waals surface area contributed by atoms with Crippen LogP contribution in [-0.2, 0) is 48.0 Å². The molecule has 0 saturated carbocycles. The zero-order valence-electron chi connectivity index (χ0n) is 71.6. The Hall–Kier alpha value is -8.15. The van der Waals surface area contributed by atoms with E-state index in [1.807, 2.05) is 150 Å². The Labute approximate surface area is 565 Å². The van der Waals surface area contributed by atoms with Crippen LogP contribution in [0, 0.1) is 67.1 Å². The molecule has 5 heterocycles. The molecule has 0 radical (unpaired) electrons. The maximum Gasteiger partial charge on any atom is 0.212 e. The summed E-state index contributed by atoms with van der Waals surface area (Å²) < 4.78 is 121. The summed E-state index contributed by atoms with van der Waals surface area (Å²) in [5, 5.41) is 0. The van der Waals surface area contributed by atoms with E-state index in [4.69, 9.17) is 19.2 Å². The second-order valence-electron chi connectivity index (χ2n) is 25.1. The average molecular weight is 1220 g/mol. The predicted octanol–water partition coefficient (Wildman–Crippen LogP) is 19.1. The SMILES string of the molecule is Cc1ccccc1-c1ccc(CC(C)C)c[n+]1C.[2H]C(C)(C)c1c[n+](C)c(-c2ccccc2C)cc1C.[2H]C([2H])([2H])c1c[n+](C)c(-c2ccccc2C)cc1C([2H])(C)C.[2H]C([2H])([2H])c1c[n+](C)c(-c2ccccc2C)cc1C([2H])(C)C([2H])([2H])[2H].[2H]C([2H])(c1ccc(-c2ccccc2C)[n+](C)c1)C(C)C. The van der Waals surface area contributed by atoms with Gasteiger partial charge in [-0.05, 0) is 185 Å². The second-order valence-corrected chi connectivity index (χ2v) is 25.1. The van der Waals surface area contributed by atoms with Crippen molar-refractivity contribution in [3.8, 4) is 56.3 Å². The summed E-state index contributed by atoms with van der Waals surface area (Å²) in [6.07, 6.45) is 9.14. The fourth-order valence-corrected chi connectivity index (χ4v) is 11.2. The molecule has 0 saturated heterocycles. The van der Waals surface area contributed by atoms with Crippen LogP contribution in [0.1, 0.15) is 178 Å². The Morgan fingerprint density at radius 3 is 0.978 bits per heavy atom. The summed E-state index contributed by atoms with van der Waals surface area (Å²) in [5.41, 5.74) is 21.8. The van der Waals surface area contributed by atoms with E-state index in [0.29, 0.717) is 17.2 Å². The summed E-state index contributed by atoms with van der Waals surface area (Å²) >= 11 is 0. The van der Waals surface area contributed by atoms with Gasteiger partial charge in [-0.1, -0.05) is 160 Å². The van der Waals surface area contributed by atoms with Crippen molar-refractivity contribution < 1.29 is 42.0 Å². The minimum atomic E-state index is -2.66. The molecule has 0 spiro atoms. The van der Waals surface area contributed by atoms with Crippen molar-refractivity contribution in [3.05, 3.63) is 267 Å². The lowest BCUT2D eigenvalue weighted by Gasteiger charge is -2.11. The quantitative estimate of drug-likeness (QED) is 0.109. The molecular weight excluding hydrogens is 1090 g/mol. The molecule has 5 aromatic carbocycles. The van der Waals surface area contributed by atoms with E-state index in [9.17, 15) is 0 Å². The Morgan fingerprint density at radius 2 is 0.644 bits per heavy atom. The van der Waals surface area contributed by atoms with Gasteiger partial charge in [0, 0.05) is 105 Å². The molecule has 10 rings (SSSR count). The molecule has 90 heavy (non-hydrogen) atoms. The van der Waals surface area contributed by atoms with E-state index in [1.165, 1.54) is 75.1 Å². The monoisotopic (exact) mass is 1210 g/mol. The molecule has 10 aromatic rings. The fourth-order valence-electron chi connectivity index (χ4n) is 11.2. The van der Waals surface area contributed by atoms with Crippen molar-refractivity contribution in [2.24, 2.45) is 47.1 Å². The van der Waals surface area contributed by atoms with Gasteiger partial charge in [-0.3, -0.25) is 0 Å². The molecule has 0 aliphatic carbocycles. The van der Waals surface area contributed by atoms with Crippen molar-refractivity contribution in [2.45, 2.75) is 155 Å². The highest BCUT2D eigenvalue weighted by molar-refractivity contribution is 5.65. The van der Waals surface area contributed by atoms with Crippen molar-refractivity contribution in [1.82, 2.24) is 0 Å². The van der Waals surface area contributed by atoms with Crippen LogP contribution in [0.15, 0.2) is 195 Å². The number of aromatic nitrogens is 5. The number of rotatable bonds is 12. The second kappa shape index (κ2) is 33.1. The van der Waals surface area contributed by atoms with Crippen molar-refractivity contribution in [2.75, 3.05) is 0 Å². The van der Waals surface area contributed by atoms with Gasteiger partial charge in [-0.2, -0.15) is 0 Å². The van der Waals surface area contributed by atoms with Crippen LogP contribution in [0.5, 0.6) is 0 Å². The van der Waals surface area contributed by atoms with E-state index in [-0.39, 0.29) is 22.6 Å². The van der Waals surface area contributed by atoms with E-state index < -0.39 is 44.6 Å². The van der Waals surface area contributed by atoms with Gasteiger partial charge >= 0.3 is 0 Å². The number of benzene rings is 5. The molecule has 0 bridgehead atoms. The van der Waals surface area contributed by atoms with Gasteiger partial charge < -0.3 is 0 Å². The van der Waals surface area contributed by atoms with E-state index >= 15 is 0 Å². The van der Waals surface area contributed by atoms with Crippen LogP contribution in [0.2, 0.25) is 0 Å². The van der Waals surface area contributed by atoms with Gasteiger partial charge in [0.15, 0.2) is 31.0 Å². The molecule has 0 aliphatic heterocycles. The largest absolute Gasteiger partial charge is 0.212 e. The van der Waals surface area contributed by atoms with Crippen LogP contribution in [0.25, 0.3) is 56.3 Å². The van der Waals surface area contributed by atoms with Crippen LogP contribution >= 0.6 is 0 Å². The minimum absolute atomic E-state index is 0.00357. The summed E-state index contributed by atoms with van der Waals surface area (Å²) in [5.74, 6) is -2.93. The fraction of sp³-hybridized carbons (Fsp3) is 0.353. The summed E-state index contributed by atoms with van der Waals surface area (Å²) in [4.78, 5) is 0. The van der Waals surface area contributed by atoms with Gasteiger partial charge in [0.05, 0.1) is 0 Å². The summed E-state index contributed by atoms with van der Waals surface area (Å²) in [6.45, 7) is 21.9. The van der Waals surface area contributed by atoms with Crippen molar-refractivity contribution in [1.29, 1.82) is 0 Å². The summed E-state index contributed by atoms with van der Waals surface area (Å²) in [7, 11) is 9.72. The highest BCUT2D eigenvalue weighted by Crippen LogP contribution is 2.29. The van der Waals surface area contributed by atoms with Gasteiger partial charge in [-0.25, -0.2) is 22.8 Å². The first-order valence-electron chi connectivity index (χ1n) is 38.4. The third-order valence-electron chi connectivity index (χ3n) is 16.0. The Kier molecular flexibility index (Phi) is 19.3. The Bertz CT molecular complexity index is 4610. The third-order valence-corrected chi connectivity index (χ3v) is 16.0. The highest BCUT2D eigenvalue weighted by Gasteiger charge is 2.21. The average Bonchev–Trinajstić information content (AvgIpc) is 0.755. The van der Waals surface area contributed by atoms with E-state index in [0.717, 1.165) is 51.2 Å². The lowest BCUT2D eigenvalue weighted by atomic mass is 9.96. The van der Waals surface area contributed by atoms with Gasteiger partial charge in [0.2, 0.25) is 28.5 Å². The van der Waals surface area contributed by atoms with Crippen LogP contribution < -0.4 is 22.8 Å². The van der Waals surface area contributed by atoms with Gasteiger partial charge in [0.1, 0.15) is 35.2 Å². The maximum atomic E-state index is 8.40. The van der Waals surface area contributed by atoms with Crippen LogP contribution in [-0.4, -0.2) is 0 Å². The van der Waals surface area contributed by atoms with E-state index in [1.54, 1.807) is 31.7 Å². The normalized spacial score (nSPS) is 14.7. The van der Waals surface area contributed by atoms with E-state index in [2.05, 4.69) is 156 Å². The smallest absolute Gasteiger partial charge is 0.201 e. The first-order valence-corrected chi connectivity index (χ1v) is 31.4. The Morgan fingerprint density at radius 1 is 0.322 bits per heavy atom. The number of pyridine rings is 5. The molecule has 0 fully saturated rings. The maximum absolute atomic E-state index is 8.40. The first-order chi connectivity index (χ1) is 48.0. The highest BCUT2D eigenvalue weighted by atomic mass is 14.9. The van der Waals surface area contributed by atoms with Crippen molar-refractivity contribution in [3.63, 3.8) is 0 Å². The molecule has 5 heteroatoms. The van der Waals surface area contributed by atoms with Gasteiger partial charge in [0.25, 0.3) is 0 Å². The number of nitrogens with zero attached hydrogens (tertiary/aromatic N) is 5. The molecule has 0 amide bonds. The number of hydrogen-bond donors (Lipinski definition) is 0. The van der Waals surface area contributed by atoms with Crippen molar-refractivity contribution >= 4 is 0 Å². The first kappa shape index (κ1) is 52.6. The summed E-state index contributed by atoms with van der Waals surface area (Å²) in [6, 6.07) is 54.7. The minimum Gasteiger partial charge on any atom is -0.201 e. The molecule has 470 valence electrons. The molecule has 0 aliphatic rings. The molecule has 1 atom stereocenters. The number of aryl methyl sites for hydroxylation is 13.